The standard InChI is InChI=1S/C16H16ClN3O/c1-9-3-5-13(10(2)19-9)16(20-18)15-8-11-7-12(17)4-6-14(11)21-15/h3-8,16,20H,18H2,1-2H3. The average Bonchev–Trinajstić information content (AvgIpc) is 2.84. The van der Waals surface area contributed by atoms with Gasteiger partial charge in [-0.3, -0.25) is 10.8 Å². The zero-order chi connectivity index (χ0) is 15.0. The third-order valence-corrected chi connectivity index (χ3v) is 3.76. The van der Waals surface area contributed by atoms with E-state index in [-0.39, 0.29) is 6.04 Å². The second-order valence-electron chi connectivity index (χ2n) is 5.06. The van der Waals surface area contributed by atoms with Crippen molar-refractivity contribution in [3.05, 3.63) is 64.1 Å². The highest BCUT2D eigenvalue weighted by atomic mass is 35.5. The van der Waals surface area contributed by atoms with Crippen molar-refractivity contribution >= 4 is 22.6 Å². The highest BCUT2D eigenvalue weighted by molar-refractivity contribution is 6.31. The molecule has 21 heavy (non-hydrogen) atoms. The van der Waals surface area contributed by atoms with E-state index in [2.05, 4.69) is 10.4 Å². The molecule has 1 unspecified atom stereocenters. The van der Waals surface area contributed by atoms with Gasteiger partial charge in [0.2, 0.25) is 0 Å². The Balaban J connectivity index is 2.09. The molecular weight excluding hydrogens is 286 g/mol. The summed E-state index contributed by atoms with van der Waals surface area (Å²) in [5.74, 6) is 6.47. The van der Waals surface area contributed by atoms with Crippen LogP contribution in [0.3, 0.4) is 0 Å². The second kappa shape index (κ2) is 5.48. The number of nitrogens with two attached hydrogens (primary N) is 1. The van der Waals surface area contributed by atoms with E-state index in [0.717, 1.165) is 33.7 Å². The summed E-state index contributed by atoms with van der Waals surface area (Å²) in [6.45, 7) is 3.93. The van der Waals surface area contributed by atoms with Crippen molar-refractivity contribution in [3.8, 4) is 0 Å². The number of nitrogens with one attached hydrogen (secondary N) is 1. The number of pyridine rings is 1. The van der Waals surface area contributed by atoms with E-state index in [4.69, 9.17) is 21.9 Å². The van der Waals surface area contributed by atoms with Crippen LogP contribution in [-0.4, -0.2) is 4.98 Å². The number of aryl methyl sites for hydroxylation is 2. The third-order valence-electron chi connectivity index (χ3n) is 3.53. The van der Waals surface area contributed by atoms with Crippen LogP contribution in [0.4, 0.5) is 0 Å². The molecule has 3 aromatic rings. The molecule has 4 nitrogen and oxygen atoms in total. The summed E-state index contributed by atoms with van der Waals surface area (Å²) in [5.41, 5.74) is 6.48. The Labute approximate surface area is 127 Å². The number of furan rings is 1. The molecule has 3 rings (SSSR count). The first-order valence-corrected chi connectivity index (χ1v) is 7.05. The SMILES string of the molecule is Cc1ccc(C(NN)c2cc3cc(Cl)ccc3o2)c(C)n1. The number of hydrazine groups is 1. The lowest BCUT2D eigenvalue weighted by Gasteiger charge is -2.16. The summed E-state index contributed by atoms with van der Waals surface area (Å²) in [5, 5.41) is 1.63. The third kappa shape index (κ3) is 2.65. The Morgan fingerprint density at radius 3 is 2.71 bits per heavy atom. The van der Waals surface area contributed by atoms with Crippen LogP contribution >= 0.6 is 11.6 Å². The molecule has 108 valence electrons. The maximum Gasteiger partial charge on any atom is 0.134 e. The molecule has 0 spiro atoms. The molecule has 0 aliphatic rings. The Kier molecular flexibility index (Phi) is 3.68. The topological polar surface area (TPSA) is 64.1 Å². The lowest BCUT2D eigenvalue weighted by Crippen LogP contribution is -2.29. The molecule has 0 amide bonds. The van der Waals surface area contributed by atoms with Crippen molar-refractivity contribution in [1.29, 1.82) is 0 Å². The number of hydrogen-bond acceptors (Lipinski definition) is 4. The quantitative estimate of drug-likeness (QED) is 0.572. The fraction of sp³-hybridized carbons (Fsp3) is 0.188. The minimum absolute atomic E-state index is 0.246. The second-order valence-corrected chi connectivity index (χ2v) is 5.49. The zero-order valence-electron chi connectivity index (χ0n) is 11.9. The maximum absolute atomic E-state index is 6.01. The Morgan fingerprint density at radius 1 is 1.19 bits per heavy atom. The Hall–Kier alpha value is -1.88. The van der Waals surface area contributed by atoms with E-state index in [1.54, 1.807) is 6.07 Å². The minimum atomic E-state index is -0.246. The van der Waals surface area contributed by atoms with Gasteiger partial charge in [-0.1, -0.05) is 17.7 Å². The monoisotopic (exact) mass is 301 g/mol. The Morgan fingerprint density at radius 2 is 2.00 bits per heavy atom. The molecule has 0 saturated carbocycles. The van der Waals surface area contributed by atoms with Crippen LogP contribution in [0.2, 0.25) is 5.02 Å². The van der Waals surface area contributed by atoms with Crippen LogP contribution in [0.1, 0.15) is 28.8 Å². The number of hydrogen-bond donors (Lipinski definition) is 2. The van der Waals surface area contributed by atoms with Crippen molar-refractivity contribution in [2.75, 3.05) is 0 Å². The summed E-state index contributed by atoms with van der Waals surface area (Å²) < 4.78 is 5.89. The van der Waals surface area contributed by atoms with Gasteiger partial charge in [0.05, 0.1) is 0 Å². The van der Waals surface area contributed by atoms with E-state index < -0.39 is 0 Å². The lowest BCUT2D eigenvalue weighted by atomic mass is 10.0. The number of halogens is 1. The molecule has 5 heteroatoms. The van der Waals surface area contributed by atoms with Crippen molar-refractivity contribution < 1.29 is 4.42 Å². The molecule has 0 saturated heterocycles. The first-order chi connectivity index (χ1) is 10.1. The van der Waals surface area contributed by atoms with Crippen LogP contribution < -0.4 is 11.3 Å². The van der Waals surface area contributed by atoms with E-state index >= 15 is 0 Å². The van der Waals surface area contributed by atoms with Gasteiger partial charge in [-0.25, -0.2) is 5.43 Å². The molecule has 2 aromatic heterocycles. The van der Waals surface area contributed by atoms with Crippen LogP contribution in [-0.2, 0) is 0 Å². The zero-order valence-corrected chi connectivity index (χ0v) is 12.6. The summed E-state index contributed by atoms with van der Waals surface area (Å²) in [7, 11) is 0. The summed E-state index contributed by atoms with van der Waals surface area (Å²) in [6, 6.07) is 11.2. The van der Waals surface area contributed by atoms with E-state index in [1.807, 2.05) is 44.2 Å². The molecule has 0 aliphatic heterocycles. The molecule has 2 heterocycles. The van der Waals surface area contributed by atoms with Gasteiger partial charge in [-0.2, -0.15) is 0 Å². The average molecular weight is 302 g/mol. The fourth-order valence-corrected chi connectivity index (χ4v) is 2.69. The first kappa shape index (κ1) is 14.1. The van der Waals surface area contributed by atoms with E-state index in [0.29, 0.717) is 5.02 Å². The number of rotatable bonds is 3. The largest absolute Gasteiger partial charge is 0.459 e. The van der Waals surface area contributed by atoms with Gasteiger partial charge in [0.15, 0.2) is 0 Å². The Bertz CT molecular complexity index is 797. The van der Waals surface area contributed by atoms with Crippen LogP contribution in [0, 0.1) is 13.8 Å². The first-order valence-electron chi connectivity index (χ1n) is 6.68. The van der Waals surface area contributed by atoms with Gasteiger partial charge < -0.3 is 4.42 Å². The molecule has 0 bridgehead atoms. The number of aromatic nitrogens is 1. The highest BCUT2D eigenvalue weighted by Crippen LogP contribution is 2.30. The summed E-state index contributed by atoms with van der Waals surface area (Å²) in [4.78, 5) is 4.48. The van der Waals surface area contributed by atoms with Gasteiger partial charge in [-0.15, -0.1) is 0 Å². The van der Waals surface area contributed by atoms with E-state index in [1.165, 1.54) is 0 Å². The lowest BCUT2D eigenvalue weighted by molar-refractivity contribution is 0.475. The van der Waals surface area contributed by atoms with Gasteiger partial charge in [0.25, 0.3) is 0 Å². The van der Waals surface area contributed by atoms with Gasteiger partial charge in [0.1, 0.15) is 17.4 Å². The normalized spacial score (nSPS) is 12.8. The minimum Gasteiger partial charge on any atom is -0.459 e. The number of nitrogens with zero attached hydrogens (tertiary/aromatic N) is 1. The van der Waals surface area contributed by atoms with Crippen molar-refractivity contribution in [1.82, 2.24) is 10.4 Å². The van der Waals surface area contributed by atoms with Crippen molar-refractivity contribution in [3.63, 3.8) is 0 Å². The van der Waals surface area contributed by atoms with Crippen LogP contribution in [0.5, 0.6) is 0 Å². The molecule has 3 N–H and O–H groups in total. The number of benzene rings is 1. The fourth-order valence-electron chi connectivity index (χ4n) is 2.50. The molecule has 0 aliphatic carbocycles. The van der Waals surface area contributed by atoms with Crippen molar-refractivity contribution in [2.24, 2.45) is 5.84 Å². The molecular formula is C16H16ClN3O. The highest BCUT2D eigenvalue weighted by Gasteiger charge is 2.19. The predicted octanol–water partition coefficient (Wildman–Crippen LogP) is 3.65. The van der Waals surface area contributed by atoms with Crippen LogP contribution in [0.25, 0.3) is 11.0 Å². The predicted molar refractivity (Wildman–Crippen MR) is 84.1 cm³/mol. The van der Waals surface area contributed by atoms with E-state index in [9.17, 15) is 0 Å². The molecule has 0 fully saturated rings. The maximum atomic E-state index is 6.01. The van der Waals surface area contributed by atoms with Crippen LogP contribution in [0.15, 0.2) is 40.8 Å². The molecule has 0 radical (unpaired) electrons. The van der Waals surface area contributed by atoms with Gasteiger partial charge in [0, 0.05) is 21.8 Å². The van der Waals surface area contributed by atoms with Gasteiger partial charge >= 0.3 is 0 Å². The molecule has 1 aromatic carbocycles. The van der Waals surface area contributed by atoms with Crippen molar-refractivity contribution in [2.45, 2.75) is 19.9 Å². The number of fused-ring (bicyclic) bond motifs is 1. The molecule has 1 atom stereocenters. The summed E-state index contributed by atoms with van der Waals surface area (Å²) in [6.07, 6.45) is 0. The smallest absolute Gasteiger partial charge is 0.134 e. The van der Waals surface area contributed by atoms with Gasteiger partial charge in [-0.05, 0) is 49.7 Å². The summed E-state index contributed by atoms with van der Waals surface area (Å²) >= 11 is 6.01.